The lowest BCUT2D eigenvalue weighted by Crippen LogP contribution is -2.22. The van der Waals surface area contributed by atoms with Crippen LogP contribution in [0.15, 0.2) is 54.6 Å². The maximum absolute atomic E-state index is 15.0. The van der Waals surface area contributed by atoms with E-state index in [-0.39, 0.29) is 30.2 Å². The average Bonchev–Trinajstić information content (AvgIpc) is 2.95. The molecule has 4 rings (SSSR count). The molecule has 0 aromatic heterocycles. The fourth-order valence-corrected chi connectivity index (χ4v) is 5.00. The minimum absolute atomic E-state index is 0.00974. The molecule has 1 aliphatic carbocycles. The molecular weight excluding hydrogens is 501 g/mol. The van der Waals surface area contributed by atoms with Crippen LogP contribution in [-0.4, -0.2) is 19.3 Å². The molecular formula is C33H39F3O3. The maximum Gasteiger partial charge on any atom is 0.200 e. The fourth-order valence-electron chi connectivity index (χ4n) is 5.00. The van der Waals surface area contributed by atoms with Crippen LogP contribution in [0, 0.1) is 17.5 Å². The van der Waals surface area contributed by atoms with Crippen LogP contribution >= 0.6 is 0 Å². The third kappa shape index (κ3) is 7.78. The number of rotatable bonds is 13. The third-order valence-corrected chi connectivity index (χ3v) is 7.41. The molecule has 0 bridgehead atoms. The molecule has 0 atom stereocenters. The van der Waals surface area contributed by atoms with Gasteiger partial charge in [0.2, 0.25) is 5.82 Å². The van der Waals surface area contributed by atoms with Gasteiger partial charge >= 0.3 is 0 Å². The van der Waals surface area contributed by atoms with Gasteiger partial charge in [-0.3, -0.25) is 0 Å². The summed E-state index contributed by atoms with van der Waals surface area (Å²) < 4.78 is 61.6. The predicted octanol–water partition coefficient (Wildman–Crippen LogP) is 9.37. The van der Waals surface area contributed by atoms with Gasteiger partial charge in [0.05, 0.1) is 12.7 Å². The van der Waals surface area contributed by atoms with Gasteiger partial charge < -0.3 is 14.2 Å². The molecule has 0 unspecified atom stereocenters. The van der Waals surface area contributed by atoms with E-state index in [1.54, 1.807) is 42.5 Å². The van der Waals surface area contributed by atoms with Crippen LogP contribution in [0.2, 0.25) is 0 Å². The van der Waals surface area contributed by atoms with E-state index < -0.39 is 11.6 Å². The summed E-state index contributed by atoms with van der Waals surface area (Å²) in [6.07, 6.45) is 7.60. The highest BCUT2D eigenvalue weighted by molar-refractivity contribution is 5.65. The summed E-state index contributed by atoms with van der Waals surface area (Å²) in [7, 11) is 0. The molecule has 0 radical (unpaired) electrons. The normalized spacial score (nSPS) is 17.3. The van der Waals surface area contributed by atoms with Gasteiger partial charge in [0, 0.05) is 18.2 Å². The molecule has 0 amide bonds. The lowest BCUT2D eigenvalue weighted by Gasteiger charge is -2.29. The lowest BCUT2D eigenvalue weighted by molar-refractivity contribution is 0.0230. The Balaban J connectivity index is 1.32. The summed E-state index contributed by atoms with van der Waals surface area (Å²) in [6.45, 7) is 5.61. The van der Waals surface area contributed by atoms with Gasteiger partial charge in [-0.15, -0.1) is 0 Å². The van der Waals surface area contributed by atoms with Gasteiger partial charge in [-0.25, -0.2) is 8.78 Å². The first-order valence-electron chi connectivity index (χ1n) is 14.2. The quantitative estimate of drug-likeness (QED) is 0.202. The van der Waals surface area contributed by atoms with Crippen molar-refractivity contribution in [3.8, 4) is 22.6 Å². The minimum atomic E-state index is -0.950. The molecule has 0 heterocycles. The van der Waals surface area contributed by atoms with E-state index in [0.717, 1.165) is 63.5 Å². The van der Waals surface area contributed by atoms with E-state index >= 15 is 0 Å². The van der Waals surface area contributed by atoms with Crippen LogP contribution in [0.5, 0.6) is 11.5 Å². The molecule has 0 aliphatic heterocycles. The number of benzene rings is 3. The zero-order valence-corrected chi connectivity index (χ0v) is 23.0. The fraction of sp³-hybridized carbons (Fsp3) is 0.455. The van der Waals surface area contributed by atoms with Crippen LogP contribution in [0.3, 0.4) is 0 Å². The van der Waals surface area contributed by atoms with E-state index in [1.165, 1.54) is 12.1 Å². The molecule has 1 aliphatic rings. The second-order valence-electron chi connectivity index (χ2n) is 10.3. The second-order valence-corrected chi connectivity index (χ2v) is 10.3. The van der Waals surface area contributed by atoms with Crippen molar-refractivity contribution in [3.63, 3.8) is 0 Å². The van der Waals surface area contributed by atoms with Gasteiger partial charge in [-0.1, -0.05) is 57.0 Å². The van der Waals surface area contributed by atoms with Crippen LogP contribution in [0.1, 0.15) is 82.3 Å². The Bertz CT molecular complexity index is 1190. The van der Waals surface area contributed by atoms with Crippen molar-refractivity contribution in [1.29, 1.82) is 0 Å². The second kappa shape index (κ2) is 14.4. The lowest BCUT2D eigenvalue weighted by atomic mass is 9.82. The SMILES string of the molecule is CCCCOc1ccc(-c2ccc(COc3ccc(C4CCC(OCCCC)CC4)c(F)c3F)cc2)c(F)c1. The molecule has 0 spiro atoms. The zero-order chi connectivity index (χ0) is 27.6. The number of hydrogen-bond donors (Lipinski definition) is 0. The van der Waals surface area contributed by atoms with E-state index in [1.807, 2.05) is 0 Å². The Labute approximate surface area is 230 Å². The number of halogens is 3. The summed E-state index contributed by atoms with van der Waals surface area (Å²) in [5, 5.41) is 0. The highest BCUT2D eigenvalue weighted by Crippen LogP contribution is 2.37. The average molecular weight is 541 g/mol. The van der Waals surface area contributed by atoms with Crippen LogP contribution < -0.4 is 9.47 Å². The number of ether oxygens (including phenoxy) is 3. The van der Waals surface area contributed by atoms with E-state index in [9.17, 15) is 13.2 Å². The Kier molecular flexibility index (Phi) is 10.7. The van der Waals surface area contributed by atoms with Gasteiger partial charge in [0.1, 0.15) is 18.2 Å². The van der Waals surface area contributed by atoms with Crippen molar-refractivity contribution in [3.05, 3.63) is 83.2 Å². The Hall–Kier alpha value is -2.99. The topological polar surface area (TPSA) is 27.7 Å². The third-order valence-electron chi connectivity index (χ3n) is 7.41. The number of unbranched alkanes of at least 4 members (excludes halogenated alkanes) is 2. The minimum Gasteiger partial charge on any atom is -0.493 e. The molecule has 0 N–H and O–H groups in total. The van der Waals surface area contributed by atoms with Gasteiger partial charge in [-0.2, -0.15) is 4.39 Å². The summed E-state index contributed by atoms with van der Waals surface area (Å²) in [5.74, 6) is -1.74. The number of hydrogen-bond acceptors (Lipinski definition) is 3. The molecule has 1 fully saturated rings. The predicted molar refractivity (Wildman–Crippen MR) is 149 cm³/mol. The summed E-state index contributed by atoms with van der Waals surface area (Å²) >= 11 is 0. The van der Waals surface area contributed by atoms with Crippen LogP contribution in [0.25, 0.3) is 11.1 Å². The molecule has 3 aromatic carbocycles. The molecule has 3 aromatic rings. The molecule has 210 valence electrons. The van der Waals surface area contributed by atoms with Crippen molar-refractivity contribution in [2.75, 3.05) is 13.2 Å². The molecule has 0 saturated heterocycles. The van der Waals surface area contributed by atoms with Gasteiger partial charge in [0.15, 0.2) is 11.6 Å². The Morgan fingerprint density at radius 3 is 2.15 bits per heavy atom. The van der Waals surface area contributed by atoms with Crippen LogP contribution in [0.4, 0.5) is 13.2 Å². The van der Waals surface area contributed by atoms with Crippen molar-refractivity contribution >= 4 is 0 Å². The summed E-state index contributed by atoms with van der Waals surface area (Å²) in [5.41, 5.74) is 2.36. The first-order valence-corrected chi connectivity index (χ1v) is 14.2. The largest absolute Gasteiger partial charge is 0.493 e. The molecule has 39 heavy (non-hydrogen) atoms. The van der Waals surface area contributed by atoms with E-state index in [0.29, 0.717) is 29.0 Å². The van der Waals surface area contributed by atoms with Gasteiger partial charge in [-0.05, 0) is 79.3 Å². The smallest absolute Gasteiger partial charge is 0.200 e. The first kappa shape index (κ1) is 29.0. The summed E-state index contributed by atoms with van der Waals surface area (Å²) in [6, 6.07) is 15.2. The standard InChI is InChI=1S/C33H39F3O3/c1-3-5-19-37-26-13-11-25(12-14-26)29-17-18-31(33(36)32(29)35)39-22-23-7-9-24(10-8-23)28-16-15-27(21-30(28)34)38-20-6-4-2/h7-10,15-18,21,25-26H,3-6,11-14,19-20,22H2,1-2H3. The molecule has 6 heteroatoms. The van der Waals surface area contributed by atoms with E-state index in [4.69, 9.17) is 14.2 Å². The first-order chi connectivity index (χ1) is 19.0. The van der Waals surface area contributed by atoms with Crippen molar-refractivity contribution in [2.24, 2.45) is 0 Å². The Morgan fingerprint density at radius 1 is 0.744 bits per heavy atom. The van der Waals surface area contributed by atoms with Crippen molar-refractivity contribution in [2.45, 2.75) is 83.8 Å². The van der Waals surface area contributed by atoms with Gasteiger partial charge in [0.25, 0.3) is 0 Å². The van der Waals surface area contributed by atoms with E-state index in [2.05, 4.69) is 13.8 Å². The van der Waals surface area contributed by atoms with Crippen molar-refractivity contribution < 1.29 is 27.4 Å². The maximum atomic E-state index is 15.0. The van der Waals surface area contributed by atoms with Crippen molar-refractivity contribution in [1.82, 2.24) is 0 Å². The summed E-state index contributed by atoms with van der Waals surface area (Å²) in [4.78, 5) is 0. The highest BCUT2D eigenvalue weighted by Gasteiger charge is 2.27. The molecule has 1 saturated carbocycles. The van der Waals surface area contributed by atoms with Crippen LogP contribution in [-0.2, 0) is 11.3 Å². The zero-order valence-electron chi connectivity index (χ0n) is 23.0. The highest BCUT2D eigenvalue weighted by atomic mass is 19.2. The molecule has 3 nitrogen and oxygen atoms in total. The Morgan fingerprint density at radius 2 is 1.46 bits per heavy atom. The monoisotopic (exact) mass is 540 g/mol.